The second kappa shape index (κ2) is 7.67. The first-order valence-corrected chi connectivity index (χ1v) is 9.28. The molecule has 3 heterocycles. The highest BCUT2D eigenvalue weighted by atomic mass is 19.3. The number of fused-ring (bicyclic) bond motifs is 1. The third-order valence-corrected chi connectivity index (χ3v) is 5.36. The van der Waals surface area contributed by atoms with Gasteiger partial charge >= 0.3 is 6.75 Å². The molecule has 1 atom stereocenters. The molecular weight excluding hydrogens is 405 g/mol. The molecule has 0 spiro atoms. The maximum atomic E-state index is 13.3. The summed E-state index contributed by atoms with van der Waals surface area (Å²) in [5.74, 6) is -5.26. The molecule has 1 aromatic carbocycles. The summed E-state index contributed by atoms with van der Waals surface area (Å²) >= 11 is 0. The summed E-state index contributed by atoms with van der Waals surface area (Å²) in [5.41, 5.74) is 0.0502. The Balaban J connectivity index is 0.00000256. The van der Waals surface area contributed by atoms with Crippen LogP contribution in [0.1, 0.15) is 29.8 Å². The number of carbonyl (C=O) groups excluding carboxylic acids is 2. The van der Waals surface area contributed by atoms with Crippen LogP contribution in [0.4, 0.5) is 8.78 Å². The van der Waals surface area contributed by atoms with Gasteiger partial charge < -0.3 is 34.2 Å². The minimum Gasteiger partial charge on any atom is -0.669 e. The minimum absolute atomic E-state index is 0. The summed E-state index contributed by atoms with van der Waals surface area (Å²) in [6.07, 6.45) is -0.947. The predicted molar refractivity (Wildman–Crippen MR) is 99.2 cm³/mol. The molecule has 3 aliphatic rings. The zero-order valence-corrected chi connectivity index (χ0v) is 15.3. The first kappa shape index (κ1) is 22.3. The molecule has 0 unspecified atom stereocenters. The van der Waals surface area contributed by atoms with E-state index in [2.05, 4.69) is 5.32 Å². The van der Waals surface area contributed by atoms with E-state index in [0.29, 0.717) is 5.56 Å². The fraction of sp³-hybridized carbons (Fsp3) is 0.556. The van der Waals surface area contributed by atoms with Crippen molar-refractivity contribution in [1.29, 1.82) is 0 Å². The lowest BCUT2D eigenvalue weighted by atomic mass is 9.70. The van der Waals surface area contributed by atoms with E-state index >= 15 is 0 Å². The summed E-state index contributed by atoms with van der Waals surface area (Å²) in [6, 6.07) is 2.03. The van der Waals surface area contributed by atoms with Crippen LogP contribution in [0.25, 0.3) is 0 Å². The number of aryl methyl sites for hydroxylation is 1. The van der Waals surface area contributed by atoms with Gasteiger partial charge in [-0.2, -0.15) is 0 Å². The van der Waals surface area contributed by atoms with Gasteiger partial charge in [0.1, 0.15) is 11.9 Å². The first-order chi connectivity index (χ1) is 13.5. The Bertz CT molecular complexity index is 861. The maximum Gasteiger partial charge on any atom is 0.430 e. The average Bonchev–Trinajstić information content (AvgIpc) is 2.95. The second-order valence-electron chi connectivity index (χ2n) is 7.71. The van der Waals surface area contributed by atoms with Crippen molar-refractivity contribution in [2.75, 3.05) is 19.6 Å². The van der Waals surface area contributed by atoms with Crippen LogP contribution in [0.5, 0.6) is 11.5 Å². The number of ether oxygens (including phenoxy) is 1. The molecular formula is C18H23BF2N2O7-2. The van der Waals surface area contributed by atoms with E-state index in [1.165, 1.54) is 11.0 Å². The molecule has 0 aromatic heterocycles. The zero-order chi connectivity index (χ0) is 21.0. The van der Waals surface area contributed by atoms with E-state index in [9.17, 15) is 33.5 Å². The lowest BCUT2D eigenvalue weighted by molar-refractivity contribution is -0.255. The van der Waals surface area contributed by atoms with Gasteiger partial charge in [0.05, 0.1) is 43.0 Å². The van der Waals surface area contributed by atoms with Gasteiger partial charge in [0.25, 0.3) is 5.92 Å². The number of carboxylic acids is 1. The molecule has 1 aromatic rings. The highest BCUT2D eigenvalue weighted by Gasteiger charge is 2.46. The second-order valence-corrected chi connectivity index (χ2v) is 7.71. The standard InChI is InChI=1S/C17H20BF2N2O7.CH4/c19-17(20)5-11(21-8-17)15(23)22-6-10(7-22)28-12-2-1-9-3-4-18(26,27)29-14(9)13(12)16(24)25;/h1-2,10-11,21,26-27H,3-8H2,(H,24,25);1H4/q-1;/p-1/t11-;/m0./s1. The maximum absolute atomic E-state index is 13.3. The van der Waals surface area contributed by atoms with Crippen molar-refractivity contribution in [2.24, 2.45) is 0 Å². The van der Waals surface area contributed by atoms with Gasteiger partial charge in [0.15, 0.2) is 0 Å². The Morgan fingerprint density at radius 2 is 2.03 bits per heavy atom. The fourth-order valence-corrected chi connectivity index (χ4v) is 3.80. The Hall–Kier alpha value is -2.44. The van der Waals surface area contributed by atoms with Gasteiger partial charge in [-0.1, -0.05) is 19.8 Å². The number of halogens is 2. The predicted octanol–water partition coefficient (Wildman–Crippen LogP) is -0.869. The molecule has 3 aliphatic heterocycles. The van der Waals surface area contributed by atoms with Gasteiger partial charge in [0, 0.05) is 6.42 Å². The molecule has 3 N–H and O–H groups in total. The van der Waals surface area contributed by atoms with Gasteiger partial charge in [-0.15, -0.1) is 0 Å². The summed E-state index contributed by atoms with van der Waals surface area (Å²) in [5, 5.41) is 33.6. The van der Waals surface area contributed by atoms with Crippen molar-refractivity contribution >= 4 is 18.6 Å². The van der Waals surface area contributed by atoms with Crippen molar-refractivity contribution in [3.63, 3.8) is 0 Å². The van der Waals surface area contributed by atoms with Crippen molar-refractivity contribution in [3.05, 3.63) is 23.3 Å². The lowest BCUT2D eigenvalue weighted by Gasteiger charge is -2.41. The molecule has 166 valence electrons. The van der Waals surface area contributed by atoms with Crippen molar-refractivity contribution in [2.45, 2.75) is 44.7 Å². The van der Waals surface area contributed by atoms with Crippen LogP contribution in [0.2, 0.25) is 6.32 Å². The van der Waals surface area contributed by atoms with E-state index in [4.69, 9.17) is 9.39 Å². The molecule has 0 bridgehead atoms. The minimum atomic E-state index is -3.17. The van der Waals surface area contributed by atoms with Crippen LogP contribution in [-0.4, -0.2) is 71.3 Å². The summed E-state index contributed by atoms with van der Waals surface area (Å²) in [7, 11) is 0. The van der Waals surface area contributed by atoms with Crippen LogP contribution >= 0.6 is 0 Å². The van der Waals surface area contributed by atoms with Gasteiger partial charge in [-0.3, -0.25) is 10.1 Å². The van der Waals surface area contributed by atoms with Crippen LogP contribution in [0.15, 0.2) is 12.1 Å². The SMILES string of the molecule is C.O=C([O-])c1c(OC2CN(C(=O)[C@@H]3CC(F)(F)CN3)C2)ccc2c1O[B-](O)(O)CC2. The van der Waals surface area contributed by atoms with Crippen LogP contribution in [0.3, 0.4) is 0 Å². The number of alkyl halides is 2. The highest BCUT2D eigenvalue weighted by molar-refractivity contribution is 6.59. The van der Waals surface area contributed by atoms with E-state index in [1.807, 2.05) is 0 Å². The monoisotopic (exact) mass is 428 g/mol. The molecule has 30 heavy (non-hydrogen) atoms. The van der Waals surface area contributed by atoms with E-state index < -0.39 is 55.2 Å². The molecule has 12 heteroatoms. The Labute approximate surface area is 171 Å². The number of likely N-dealkylation sites (tertiary alicyclic amines) is 1. The van der Waals surface area contributed by atoms with Gasteiger partial charge in [0.2, 0.25) is 5.91 Å². The molecule has 0 saturated carbocycles. The number of amides is 1. The third-order valence-electron chi connectivity index (χ3n) is 5.36. The summed E-state index contributed by atoms with van der Waals surface area (Å²) < 4.78 is 37.2. The molecule has 0 aliphatic carbocycles. The molecule has 9 nitrogen and oxygen atoms in total. The Morgan fingerprint density at radius 1 is 1.33 bits per heavy atom. The Kier molecular flexibility index (Phi) is 5.69. The largest absolute Gasteiger partial charge is 0.669 e. The topological polar surface area (TPSA) is 131 Å². The molecule has 4 rings (SSSR count). The average molecular weight is 428 g/mol. The number of hydrogen-bond acceptors (Lipinski definition) is 8. The van der Waals surface area contributed by atoms with E-state index in [1.54, 1.807) is 6.07 Å². The molecule has 2 fully saturated rings. The molecule has 0 radical (unpaired) electrons. The van der Waals surface area contributed by atoms with E-state index in [0.717, 1.165) is 0 Å². The number of nitrogens with one attached hydrogen (secondary N) is 1. The van der Waals surface area contributed by atoms with Crippen molar-refractivity contribution in [1.82, 2.24) is 10.2 Å². The summed E-state index contributed by atoms with van der Waals surface area (Å²) in [4.78, 5) is 25.2. The van der Waals surface area contributed by atoms with Gasteiger partial charge in [-0.05, 0) is 18.1 Å². The zero-order valence-electron chi connectivity index (χ0n) is 15.3. The Morgan fingerprint density at radius 3 is 2.63 bits per heavy atom. The number of aromatic carboxylic acids is 1. The van der Waals surface area contributed by atoms with Crippen LogP contribution in [0, 0.1) is 0 Å². The van der Waals surface area contributed by atoms with Crippen LogP contribution in [-0.2, 0) is 11.2 Å². The number of rotatable bonds is 4. The van der Waals surface area contributed by atoms with Gasteiger partial charge in [-0.25, -0.2) is 8.78 Å². The molecule has 2 saturated heterocycles. The first-order valence-electron chi connectivity index (χ1n) is 9.28. The number of carboxylic acid groups (broad SMARTS) is 1. The lowest BCUT2D eigenvalue weighted by Crippen LogP contribution is -2.59. The fourth-order valence-electron chi connectivity index (χ4n) is 3.80. The number of nitrogens with zero attached hydrogens (tertiary/aromatic N) is 1. The number of hydrogen-bond donors (Lipinski definition) is 3. The number of carbonyl (C=O) groups is 2. The molecule has 1 amide bonds. The third kappa shape index (κ3) is 4.21. The van der Waals surface area contributed by atoms with Crippen LogP contribution < -0.4 is 19.8 Å². The van der Waals surface area contributed by atoms with Crippen molar-refractivity contribution < 1.29 is 42.9 Å². The summed E-state index contributed by atoms with van der Waals surface area (Å²) in [6.45, 7) is -3.49. The quantitative estimate of drug-likeness (QED) is 0.528. The smallest absolute Gasteiger partial charge is 0.430 e. The highest BCUT2D eigenvalue weighted by Crippen LogP contribution is 2.38. The normalized spacial score (nSPS) is 24.1. The van der Waals surface area contributed by atoms with E-state index in [-0.39, 0.29) is 44.8 Å². The number of benzene rings is 1. The van der Waals surface area contributed by atoms with Crippen molar-refractivity contribution in [3.8, 4) is 11.5 Å².